The fraction of sp³-hybridized carbons (Fsp3) is 0.500. The molecular formula is C16H23Cl2N3O2. The van der Waals surface area contributed by atoms with Crippen LogP contribution < -0.4 is 11.1 Å². The molecule has 0 radical (unpaired) electrons. The van der Waals surface area contributed by atoms with Crippen LogP contribution in [0.5, 0.6) is 0 Å². The minimum atomic E-state index is -0.168. The molecule has 1 aliphatic heterocycles. The van der Waals surface area contributed by atoms with Crippen molar-refractivity contribution in [3.8, 4) is 0 Å². The predicted molar refractivity (Wildman–Crippen MR) is 94.0 cm³/mol. The fourth-order valence-corrected chi connectivity index (χ4v) is 2.70. The van der Waals surface area contributed by atoms with E-state index in [1.165, 1.54) is 0 Å². The van der Waals surface area contributed by atoms with Crippen LogP contribution in [-0.4, -0.2) is 42.4 Å². The van der Waals surface area contributed by atoms with E-state index in [-0.39, 0.29) is 36.2 Å². The minimum Gasteiger partial charge on any atom is -0.352 e. The lowest BCUT2D eigenvalue weighted by Gasteiger charge is -2.32. The third kappa shape index (κ3) is 5.37. The van der Waals surface area contributed by atoms with Crippen LogP contribution in [0.1, 0.15) is 30.1 Å². The van der Waals surface area contributed by atoms with Crippen molar-refractivity contribution in [3.63, 3.8) is 0 Å². The Kier molecular flexibility index (Phi) is 7.82. The summed E-state index contributed by atoms with van der Waals surface area (Å²) in [6.07, 6.45) is 1.63. The molecule has 128 valence electrons. The van der Waals surface area contributed by atoms with E-state index in [4.69, 9.17) is 17.3 Å². The molecule has 0 bridgehead atoms. The van der Waals surface area contributed by atoms with E-state index in [9.17, 15) is 9.59 Å². The summed E-state index contributed by atoms with van der Waals surface area (Å²) in [7, 11) is 0. The van der Waals surface area contributed by atoms with Crippen molar-refractivity contribution in [1.29, 1.82) is 0 Å². The average Bonchev–Trinajstić information content (AvgIpc) is 2.54. The van der Waals surface area contributed by atoms with Gasteiger partial charge in [-0.25, -0.2) is 0 Å². The number of amides is 2. The predicted octanol–water partition coefficient (Wildman–Crippen LogP) is 2.08. The lowest BCUT2D eigenvalue weighted by molar-refractivity contribution is -0.126. The Balaban J connectivity index is 0.00000264. The third-order valence-corrected chi connectivity index (χ3v) is 4.16. The summed E-state index contributed by atoms with van der Waals surface area (Å²) in [6.45, 7) is 3.41. The second kappa shape index (κ2) is 9.11. The topological polar surface area (TPSA) is 75.4 Å². The molecule has 1 unspecified atom stereocenters. The molecule has 0 saturated carbocycles. The van der Waals surface area contributed by atoms with E-state index in [0.29, 0.717) is 30.2 Å². The molecule has 7 heteroatoms. The lowest BCUT2D eigenvalue weighted by Crippen LogP contribution is -2.48. The molecule has 1 saturated heterocycles. The van der Waals surface area contributed by atoms with Gasteiger partial charge in [0.1, 0.15) is 0 Å². The molecular weight excluding hydrogens is 337 g/mol. The highest BCUT2D eigenvalue weighted by Gasteiger charge is 2.29. The van der Waals surface area contributed by atoms with Gasteiger partial charge in [0.05, 0.1) is 5.92 Å². The van der Waals surface area contributed by atoms with Gasteiger partial charge in [-0.15, -0.1) is 12.4 Å². The monoisotopic (exact) mass is 359 g/mol. The highest BCUT2D eigenvalue weighted by molar-refractivity contribution is 6.30. The summed E-state index contributed by atoms with van der Waals surface area (Å²) in [5.74, 6) is -0.244. The Morgan fingerprint density at radius 1 is 1.39 bits per heavy atom. The van der Waals surface area contributed by atoms with Crippen molar-refractivity contribution in [2.24, 2.45) is 11.7 Å². The molecule has 3 N–H and O–H groups in total. The summed E-state index contributed by atoms with van der Waals surface area (Å²) in [5, 5.41) is 3.49. The SMILES string of the molecule is C[C@@H](CN)NC(=O)C1CCCN(C(=O)c2ccc(Cl)cc2)C1.Cl. The molecule has 2 amide bonds. The first kappa shape index (κ1) is 19.7. The zero-order valence-electron chi connectivity index (χ0n) is 13.1. The molecule has 1 aliphatic rings. The molecule has 0 aliphatic carbocycles. The second-order valence-electron chi connectivity index (χ2n) is 5.74. The van der Waals surface area contributed by atoms with E-state index in [1.54, 1.807) is 29.2 Å². The Hall–Kier alpha value is -1.30. The van der Waals surface area contributed by atoms with Gasteiger partial charge in [0.2, 0.25) is 5.91 Å². The number of nitrogens with one attached hydrogen (secondary N) is 1. The molecule has 0 aromatic heterocycles. The molecule has 1 aromatic carbocycles. The third-order valence-electron chi connectivity index (χ3n) is 3.91. The van der Waals surface area contributed by atoms with Gasteiger partial charge >= 0.3 is 0 Å². The summed E-state index contributed by atoms with van der Waals surface area (Å²) in [6, 6.07) is 6.78. The van der Waals surface area contributed by atoms with Crippen LogP contribution in [-0.2, 0) is 4.79 Å². The maximum absolute atomic E-state index is 12.5. The van der Waals surface area contributed by atoms with E-state index in [2.05, 4.69) is 5.32 Å². The summed E-state index contributed by atoms with van der Waals surface area (Å²) in [5.41, 5.74) is 6.12. The van der Waals surface area contributed by atoms with Crippen LogP contribution in [0.4, 0.5) is 0 Å². The number of carbonyl (C=O) groups is 2. The molecule has 5 nitrogen and oxygen atoms in total. The maximum Gasteiger partial charge on any atom is 0.253 e. The summed E-state index contributed by atoms with van der Waals surface area (Å²) >= 11 is 5.84. The maximum atomic E-state index is 12.5. The number of piperidine rings is 1. The smallest absolute Gasteiger partial charge is 0.253 e. The first-order chi connectivity index (χ1) is 10.5. The highest BCUT2D eigenvalue weighted by atomic mass is 35.5. The van der Waals surface area contributed by atoms with Crippen molar-refractivity contribution in [2.75, 3.05) is 19.6 Å². The average molecular weight is 360 g/mol. The fourth-order valence-electron chi connectivity index (χ4n) is 2.57. The van der Waals surface area contributed by atoms with Gasteiger partial charge in [-0.1, -0.05) is 11.6 Å². The van der Waals surface area contributed by atoms with Gasteiger partial charge in [-0.05, 0) is 44.0 Å². The van der Waals surface area contributed by atoms with Crippen LogP contribution in [0.3, 0.4) is 0 Å². The number of nitrogens with zero attached hydrogens (tertiary/aromatic N) is 1. The summed E-state index contributed by atoms with van der Waals surface area (Å²) in [4.78, 5) is 26.4. The van der Waals surface area contributed by atoms with Crippen molar-refractivity contribution < 1.29 is 9.59 Å². The number of likely N-dealkylation sites (tertiary alicyclic amines) is 1. The minimum absolute atomic E-state index is 0. The number of carbonyl (C=O) groups excluding carboxylic acids is 2. The Morgan fingerprint density at radius 3 is 2.65 bits per heavy atom. The molecule has 1 fully saturated rings. The van der Waals surface area contributed by atoms with Gasteiger partial charge in [0.15, 0.2) is 0 Å². The first-order valence-corrected chi connectivity index (χ1v) is 7.94. The van der Waals surface area contributed by atoms with Gasteiger partial charge in [0, 0.05) is 36.3 Å². The van der Waals surface area contributed by atoms with Crippen LogP contribution in [0.25, 0.3) is 0 Å². The Morgan fingerprint density at radius 2 is 2.04 bits per heavy atom. The molecule has 1 aromatic rings. The normalized spacial score (nSPS) is 18.7. The van der Waals surface area contributed by atoms with Crippen LogP contribution in [0.15, 0.2) is 24.3 Å². The number of benzene rings is 1. The van der Waals surface area contributed by atoms with Crippen molar-refractivity contribution in [1.82, 2.24) is 10.2 Å². The van der Waals surface area contributed by atoms with Gasteiger partial charge < -0.3 is 16.0 Å². The standard InChI is InChI=1S/C16H22ClN3O2.ClH/c1-11(9-18)19-15(21)13-3-2-8-20(10-13)16(22)12-4-6-14(17)7-5-12;/h4-7,11,13H,2-3,8-10,18H2,1H3,(H,19,21);1H/t11-,13?;/m0./s1. The van der Waals surface area contributed by atoms with Crippen molar-refractivity contribution in [3.05, 3.63) is 34.9 Å². The van der Waals surface area contributed by atoms with Crippen molar-refractivity contribution in [2.45, 2.75) is 25.8 Å². The zero-order valence-corrected chi connectivity index (χ0v) is 14.7. The number of nitrogens with two attached hydrogens (primary N) is 1. The second-order valence-corrected chi connectivity index (χ2v) is 6.18. The molecule has 23 heavy (non-hydrogen) atoms. The van der Waals surface area contributed by atoms with E-state index >= 15 is 0 Å². The first-order valence-electron chi connectivity index (χ1n) is 7.56. The van der Waals surface area contributed by atoms with E-state index < -0.39 is 0 Å². The highest BCUT2D eigenvalue weighted by Crippen LogP contribution is 2.20. The van der Waals surface area contributed by atoms with E-state index in [1.807, 2.05) is 6.92 Å². The van der Waals surface area contributed by atoms with Gasteiger partial charge in [0.25, 0.3) is 5.91 Å². The largest absolute Gasteiger partial charge is 0.352 e. The zero-order chi connectivity index (χ0) is 16.1. The molecule has 2 atom stereocenters. The van der Waals surface area contributed by atoms with Crippen LogP contribution in [0.2, 0.25) is 5.02 Å². The molecule has 0 spiro atoms. The Bertz CT molecular complexity index is 537. The number of hydrogen-bond donors (Lipinski definition) is 2. The van der Waals surface area contributed by atoms with E-state index in [0.717, 1.165) is 12.8 Å². The quantitative estimate of drug-likeness (QED) is 0.863. The molecule has 1 heterocycles. The van der Waals surface area contributed by atoms with Gasteiger partial charge in [-0.3, -0.25) is 9.59 Å². The Labute approximate surface area is 148 Å². The van der Waals surface area contributed by atoms with Crippen LogP contribution in [0, 0.1) is 5.92 Å². The number of rotatable bonds is 4. The number of hydrogen-bond acceptors (Lipinski definition) is 3. The number of halogens is 2. The molecule has 2 rings (SSSR count). The lowest BCUT2D eigenvalue weighted by atomic mass is 9.96. The van der Waals surface area contributed by atoms with Gasteiger partial charge in [-0.2, -0.15) is 0 Å². The van der Waals surface area contributed by atoms with Crippen molar-refractivity contribution >= 4 is 35.8 Å². The summed E-state index contributed by atoms with van der Waals surface area (Å²) < 4.78 is 0. The van der Waals surface area contributed by atoms with Crippen LogP contribution >= 0.6 is 24.0 Å².